The van der Waals surface area contributed by atoms with Crippen LogP contribution in [0, 0.1) is 5.82 Å². The first kappa shape index (κ1) is 14.3. The number of nitrogens with one attached hydrogen (secondary N) is 1. The molecular formula is C17H18FNO. The van der Waals surface area contributed by atoms with E-state index in [9.17, 15) is 9.18 Å². The van der Waals surface area contributed by atoms with Crippen LogP contribution in [0.25, 0.3) is 0 Å². The number of hydrogen-bond acceptors (Lipinski definition) is 1. The fourth-order valence-corrected chi connectivity index (χ4v) is 1.90. The summed E-state index contributed by atoms with van der Waals surface area (Å²) in [5, 5.41) is 2.70. The number of anilines is 1. The largest absolute Gasteiger partial charge is 0.322 e. The third-order valence-corrected chi connectivity index (χ3v) is 3.13. The molecular weight excluding hydrogens is 253 g/mol. The Balaban J connectivity index is 2.15. The van der Waals surface area contributed by atoms with Crippen LogP contribution in [-0.4, -0.2) is 5.91 Å². The Bertz CT molecular complexity index is 612. The first-order chi connectivity index (χ1) is 9.38. The van der Waals surface area contributed by atoms with Gasteiger partial charge < -0.3 is 5.32 Å². The number of carbonyl (C=O) groups is 1. The summed E-state index contributed by atoms with van der Waals surface area (Å²) in [6, 6.07) is 13.5. The molecule has 2 nitrogen and oxygen atoms in total. The monoisotopic (exact) mass is 271 g/mol. The molecule has 0 atom stereocenters. The standard InChI is InChI=1S/C17H18FNO/c1-17(2,3)12-8-10-13(11-9-12)19-16(20)14-6-4-5-7-15(14)18/h4-11H,1-3H3,(H,19,20). The first-order valence-corrected chi connectivity index (χ1v) is 6.54. The predicted octanol–water partition coefficient (Wildman–Crippen LogP) is 4.38. The van der Waals surface area contributed by atoms with Gasteiger partial charge in [-0.2, -0.15) is 0 Å². The molecule has 0 bridgehead atoms. The van der Waals surface area contributed by atoms with Crippen LogP contribution >= 0.6 is 0 Å². The Morgan fingerprint density at radius 3 is 2.15 bits per heavy atom. The third-order valence-electron chi connectivity index (χ3n) is 3.13. The summed E-state index contributed by atoms with van der Waals surface area (Å²) in [5.74, 6) is -0.956. The molecule has 0 saturated carbocycles. The summed E-state index contributed by atoms with van der Waals surface area (Å²) in [5.41, 5.74) is 1.95. The summed E-state index contributed by atoms with van der Waals surface area (Å²) in [6.45, 7) is 6.37. The molecule has 2 aromatic carbocycles. The Hall–Kier alpha value is -2.16. The van der Waals surface area contributed by atoms with Crippen molar-refractivity contribution >= 4 is 11.6 Å². The van der Waals surface area contributed by atoms with Crippen molar-refractivity contribution < 1.29 is 9.18 Å². The number of amides is 1. The SMILES string of the molecule is CC(C)(C)c1ccc(NC(=O)c2ccccc2F)cc1. The van der Waals surface area contributed by atoms with Gasteiger partial charge in [0.1, 0.15) is 5.82 Å². The first-order valence-electron chi connectivity index (χ1n) is 6.54. The Morgan fingerprint density at radius 2 is 1.60 bits per heavy atom. The molecule has 0 heterocycles. The van der Waals surface area contributed by atoms with Crippen LogP contribution in [-0.2, 0) is 5.41 Å². The van der Waals surface area contributed by atoms with E-state index in [0.717, 1.165) is 0 Å². The molecule has 2 aromatic rings. The molecule has 0 spiro atoms. The van der Waals surface area contributed by atoms with Crippen molar-refractivity contribution in [2.45, 2.75) is 26.2 Å². The minimum atomic E-state index is -0.517. The van der Waals surface area contributed by atoms with Crippen LogP contribution in [0.1, 0.15) is 36.7 Å². The molecule has 0 aliphatic rings. The van der Waals surface area contributed by atoms with Gasteiger partial charge in [-0.3, -0.25) is 4.79 Å². The topological polar surface area (TPSA) is 29.1 Å². The van der Waals surface area contributed by atoms with Crippen LogP contribution in [0.3, 0.4) is 0 Å². The molecule has 0 aliphatic heterocycles. The summed E-state index contributed by atoms with van der Waals surface area (Å²) in [6.07, 6.45) is 0. The van der Waals surface area contributed by atoms with Crippen molar-refractivity contribution in [1.29, 1.82) is 0 Å². The van der Waals surface area contributed by atoms with Crippen LogP contribution in [0.15, 0.2) is 48.5 Å². The number of hydrogen-bond donors (Lipinski definition) is 1. The Labute approximate surface area is 118 Å². The van der Waals surface area contributed by atoms with Gasteiger partial charge in [0, 0.05) is 5.69 Å². The van der Waals surface area contributed by atoms with Crippen molar-refractivity contribution in [1.82, 2.24) is 0 Å². The second-order valence-electron chi connectivity index (χ2n) is 5.76. The minimum absolute atomic E-state index is 0.0485. The smallest absolute Gasteiger partial charge is 0.258 e. The lowest BCUT2D eigenvalue weighted by Crippen LogP contribution is -2.14. The van der Waals surface area contributed by atoms with E-state index in [0.29, 0.717) is 5.69 Å². The maximum Gasteiger partial charge on any atom is 0.258 e. The molecule has 104 valence electrons. The molecule has 20 heavy (non-hydrogen) atoms. The van der Waals surface area contributed by atoms with Crippen molar-refractivity contribution in [3.05, 3.63) is 65.5 Å². The zero-order valence-corrected chi connectivity index (χ0v) is 11.9. The van der Waals surface area contributed by atoms with Crippen LogP contribution in [0.5, 0.6) is 0 Å². The van der Waals surface area contributed by atoms with Crippen LogP contribution < -0.4 is 5.32 Å². The molecule has 3 heteroatoms. The Morgan fingerprint density at radius 1 is 1.00 bits per heavy atom. The van der Waals surface area contributed by atoms with Gasteiger partial charge in [0.25, 0.3) is 5.91 Å². The maximum absolute atomic E-state index is 13.5. The van der Waals surface area contributed by atoms with Crippen molar-refractivity contribution in [3.63, 3.8) is 0 Å². The van der Waals surface area contributed by atoms with E-state index >= 15 is 0 Å². The van der Waals surface area contributed by atoms with Crippen LogP contribution in [0.2, 0.25) is 0 Å². The van der Waals surface area contributed by atoms with E-state index < -0.39 is 11.7 Å². The van der Waals surface area contributed by atoms with E-state index in [-0.39, 0.29) is 11.0 Å². The highest BCUT2D eigenvalue weighted by Crippen LogP contribution is 2.23. The molecule has 2 rings (SSSR count). The third kappa shape index (κ3) is 3.23. The van der Waals surface area contributed by atoms with E-state index in [1.807, 2.05) is 24.3 Å². The molecule has 0 saturated heterocycles. The fourth-order valence-electron chi connectivity index (χ4n) is 1.90. The summed E-state index contributed by atoms with van der Waals surface area (Å²) >= 11 is 0. The summed E-state index contributed by atoms with van der Waals surface area (Å²) < 4.78 is 13.5. The highest BCUT2D eigenvalue weighted by molar-refractivity contribution is 6.04. The molecule has 0 fully saturated rings. The van der Waals surface area contributed by atoms with Gasteiger partial charge in [-0.25, -0.2) is 4.39 Å². The average molecular weight is 271 g/mol. The summed E-state index contributed by atoms with van der Waals surface area (Å²) in [4.78, 5) is 12.0. The zero-order valence-electron chi connectivity index (χ0n) is 11.9. The normalized spacial score (nSPS) is 11.2. The maximum atomic E-state index is 13.5. The Kier molecular flexibility index (Phi) is 3.89. The second-order valence-corrected chi connectivity index (χ2v) is 5.76. The molecule has 0 radical (unpaired) electrons. The average Bonchev–Trinajstić information content (AvgIpc) is 2.38. The fraction of sp³-hybridized carbons (Fsp3) is 0.235. The predicted molar refractivity (Wildman–Crippen MR) is 79.5 cm³/mol. The van der Waals surface area contributed by atoms with Gasteiger partial charge in [0.15, 0.2) is 0 Å². The number of carbonyl (C=O) groups excluding carboxylic acids is 1. The van der Waals surface area contributed by atoms with Crippen molar-refractivity contribution in [3.8, 4) is 0 Å². The molecule has 0 aromatic heterocycles. The van der Waals surface area contributed by atoms with E-state index in [2.05, 4.69) is 26.1 Å². The van der Waals surface area contributed by atoms with Crippen molar-refractivity contribution in [2.24, 2.45) is 0 Å². The van der Waals surface area contributed by atoms with E-state index in [1.165, 1.54) is 17.7 Å². The zero-order chi connectivity index (χ0) is 14.8. The van der Waals surface area contributed by atoms with E-state index in [4.69, 9.17) is 0 Å². The number of halogens is 1. The molecule has 1 amide bonds. The number of rotatable bonds is 2. The minimum Gasteiger partial charge on any atom is -0.322 e. The van der Waals surface area contributed by atoms with Gasteiger partial charge in [0.2, 0.25) is 0 Å². The quantitative estimate of drug-likeness (QED) is 0.863. The van der Waals surface area contributed by atoms with Gasteiger partial charge in [-0.05, 0) is 35.2 Å². The molecule has 0 aliphatic carbocycles. The van der Waals surface area contributed by atoms with E-state index in [1.54, 1.807) is 12.1 Å². The van der Waals surface area contributed by atoms with Gasteiger partial charge in [-0.1, -0.05) is 45.0 Å². The lowest BCUT2D eigenvalue weighted by molar-refractivity contribution is 0.102. The lowest BCUT2D eigenvalue weighted by atomic mass is 9.87. The van der Waals surface area contributed by atoms with Gasteiger partial charge in [0.05, 0.1) is 5.56 Å². The summed E-state index contributed by atoms with van der Waals surface area (Å²) in [7, 11) is 0. The van der Waals surface area contributed by atoms with Crippen molar-refractivity contribution in [2.75, 3.05) is 5.32 Å². The number of benzene rings is 2. The molecule has 0 unspecified atom stereocenters. The van der Waals surface area contributed by atoms with Gasteiger partial charge in [-0.15, -0.1) is 0 Å². The highest BCUT2D eigenvalue weighted by Gasteiger charge is 2.14. The molecule has 1 N–H and O–H groups in total. The second kappa shape index (κ2) is 5.45. The highest BCUT2D eigenvalue weighted by atomic mass is 19.1. The van der Waals surface area contributed by atoms with Gasteiger partial charge >= 0.3 is 0 Å². The van der Waals surface area contributed by atoms with Crippen LogP contribution in [0.4, 0.5) is 10.1 Å². The lowest BCUT2D eigenvalue weighted by Gasteiger charge is -2.19.